The van der Waals surface area contributed by atoms with Gasteiger partial charge < -0.3 is 15.1 Å². The maximum absolute atomic E-state index is 12.3. The molecule has 2 fully saturated rings. The van der Waals surface area contributed by atoms with Crippen molar-refractivity contribution in [3.63, 3.8) is 0 Å². The van der Waals surface area contributed by atoms with Crippen molar-refractivity contribution < 1.29 is 9.59 Å². The highest BCUT2D eigenvalue weighted by Gasteiger charge is 2.32. The number of amides is 3. The molecule has 0 atom stereocenters. The Hall–Kier alpha value is -1.08. The lowest BCUT2D eigenvalue weighted by Gasteiger charge is -2.35. The lowest BCUT2D eigenvalue weighted by Crippen LogP contribution is -2.47. The molecule has 2 saturated heterocycles. The molecule has 0 saturated carbocycles. The maximum atomic E-state index is 12.3. The molecule has 3 heterocycles. The van der Waals surface area contributed by atoms with E-state index in [4.69, 9.17) is 0 Å². The third-order valence-corrected chi connectivity index (χ3v) is 5.48. The molecule has 0 radical (unpaired) electrons. The monoisotopic (exact) mass is 357 g/mol. The van der Waals surface area contributed by atoms with E-state index >= 15 is 0 Å². The van der Waals surface area contributed by atoms with Crippen LogP contribution in [0.3, 0.4) is 0 Å². The van der Waals surface area contributed by atoms with Crippen LogP contribution in [0.15, 0.2) is 15.9 Å². The van der Waals surface area contributed by atoms with Crippen LogP contribution in [0.2, 0.25) is 0 Å². The highest BCUT2D eigenvalue weighted by molar-refractivity contribution is 9.11. The van der Waals surface area contributed by atoms with Crippen LogP contribution in [0.4, 0.5) is 4.79 Å². The first-order valence-corrected chi connectivity index (χ1v) is 8.35. The molecule has 0 spiro atoms. The molecule has 0 aliphatic carbocycles. The SMILES string of the molecule is O=C(c1ccc(Br)s1)N1CCC(N2CCNC2=O)CC1. The minimum Gasteiger partial charge on any atom is -0.338 e. The van der Waals surface area contributed by atoms with Gasteiger partial charge in [-0.05, 0) is 40.9 Å². The second kappa shape index (κ2) is 5.73. The van der Waals surface area contributed by atoms with Crippen LogP contribution >= 0.6 is 27.3 Å². The number of hydrogen-bond donors (Lipinski definition) is 1. The summed E-state index contributed by atoms with van der Waals surface area (Å²) in [5.41, 5.74) is 0. The molecule has 108 valence electrons. The summed E-state index contributed by atoms with van der Waals surface area (Å²) in [6, 6.07) is 4.07. The normalized spacial score (nSPS) is 20.4. The number of likely N-dealkylation sites (tertiary alicyclic amines) is 1. The molecule has 3 rings (SSSR count). The molecular formula is C13H16BrN3O2S. The zero-order valence-corrected chi connectivity index (χ0v) is 13.4. The second-order valence-corrected chi connectivity index (χ2v) is 7.52. The number of piperidine rings is 1. The van der Waals surface area contributed by atoms with E-state index in [9.17, 15) is 9.59 Å². The van der Waals surface area contributed by atoms with Gasteiger partial charge in [0.05, 0.1) is 8.66 Å². The molecule has 20 heavy (non-hydrogen) atoms. The Balaban J connectivity index is 1.58. The molecule has 0 unspecified atom stereocenters. The van der Waals surface area contributed by atoms with E-state index in [-0.39, 0.29) is 18.0 Å². The summed E-state index contributed by atoms with van der Waals surface area (Å²) in [6.07, 6.45) is 1.73. The smallest absolute Gasteiger partial charge is 0.317 e. The molecule has 1 aromatic heterocycles. The summed E-state index contributed by atoms with van der Waals surface area (Å²) in [4.78, 5) is 28.5. The van der Waals surface area contributed by atoms with E-state index in [1.54, 1.807) is 0 Å². The highest BCUT2D eigenvalue weighted by atomic mass is 79.9. The minimum absolute atomic E-state index is 0.0389. The van der Waals surface area contributed by atoms with Gasteiger partial charge >= 0.3 is 6.03 Å². The van der Waals surface area contributed by atoms with Gasteiger partial charge in [0.2, 0.25) is 0 Å². The van der Waals surface area contributed by atoms with Crippen molar-refractivity contribution in [1.82, 2.24) is 15.1 Å². The van der Waals surface area contributed by atoms with E-state index in [1.165, 1.54) is 11.3 Å². The van der Waals surface area contributed by atoms with Crippen LogP contribution in [-0.4, -0.2) is 54.0 Å². The van der Waals surface area contributed by atoms with E-state index in [0.29, 0.717) is 0 Å². The Morgan fingerprint density at radius 3 is 2.60 bits per heavy atom. The lowest BCUT2D eigenvalue weighted by atomic mass is 10.0. The predicted octanol–water partition coefficient (Wildman–Crippen LogP) is 2.14. The first-order valence-electron chi connectivity index (χ1n) is 6.74. The summed E-state index contributed by atoms with van der Waals surface area (Å²) in [6.45, 7) is 2.97. The van der Waals surface area contributed by atoms with E-state index in [2.05, 4.69) is 21.2 Å². The third-order valence-electron chi connectivity index (χ3n) is 3.87. The largest absolute Gasteiger partial charge is 0.338 e. The molecule has 2 aliphatic rings. The molecule has 3 amide bonds. The van der Waals surface area contributed by atoms with Gasteiger partial charge in [-0.3, -0.25) is 4.79 Å². The number of carbonyl (C=O) groups excluding carboxylic acids is 2. The van der Waals surface area contributed by atoms with E-state index in [0.717, 1.165) is 47.7 Å². The Morgan fingerprint density at radius 1 is 1.30 bits per heavy atom. The summed E-state index contributed by atoms with van der Waals surface area (Å²) in [5, 5.41) is 2.83. The molecular weight excluding hydrogens is 342 g/mol. The van der Waals surface area contributed by atoms with Crippen molar-refractivity contribution >= 4 is 39.2 Å². The van der Waals surface area contributed by atoms with Gasteiger partial charge in [-0.2, -0.15) is 0 Å². The van der Waals surface area contributed by atoms with Gasteiger partial charge in [0.15, 0.2) is 0 Å². The second-order valence-electron chi connectivity index (χ2n) is 5.05. The van der Waals surface area contributed by atoms with Crippen molar-refractivity contribution in [1.29, 1.82) is 0 Å². The van der Waals surface area contributed by atoms with Gasteiger partial charge in [0.25, 0.3) is 5.91 Å². The van der Waals surface area contributed by atoms with Crippen LogP contribution in [0.1, 0.15) is 22.5 Å². The van der Waals surface area contributed by atoms with E-state index < -0.39 is 0 Å². The maximum Gasteiger partial charge on any atom is 0.317 e. The van der Waals surface area contributed by atoms with Gasteiger partial charge in [-0.15, -0.1) is 11.3 Å². The third kappa shape index (κ3) is 2.69. The van der Waals surface area contributed by atoms with Crippen LogP contribution in [0.5, 0.6) is 0 Å². The number of urea groups is 1. The Labute approximate surface area is 130 Å². The van der Waals surface area contributed by atoms with Gasteiger partial charge in [0.1, 0.15) is 0 Å². The fourth-order valence-corrected chi connectivity index (χ4v) is 4.15. The molecule has 0 aromatic carbocycles. The zero-order chi connectivity index (χ0) is 14.1. The fraction of sp³-hybridized carbons (Fsp3) is 0.538. The number of carbonyl (C=O) groups is 2. The topological polar surface area (TPSA) is 52.7 Å². The predicted molar refractivity (Wildman–Crippen MR) is 81.0 cm³/mol. The molecule has 2 aliphatic heterocycles. The van der Waals surface area contributed by atoms with Gasteiger partial charge in [-0.1, -0.05) is 0 Å². The number of halogens is 1. The van der Waals surface area contributed by atoms with Crippen molar-refractivity contribution in [2.75, 3.05) is 26.2 Å². The Morgan fingerprint density at radius 2 is 2.05 bits per heavy atom. The van der Waals surface area contributed by atoms with Crippen molar-refractivity contribution in [3.05, 3.63) is 20.8 Å². The summed E-state index contributed by atoms with van der Waals surface area (Å²) >= 11 is 4.85. The van der Waals surface area contributed by atoms with Crippen molar-refractivity contribution in [3.8, 4) is 0 Å². The summed E-state index contributed by atoms with van der Waals surface area (Å²) in [5.74, 6) is 0.102. The van der Waals surface area contributed by atoms with Crippen LogP contribution in [-0.2, 0) is 0 Å². The fourth-order valence-electron chi connectivity index (χ4n) is 2.80. The average molecular weight is 358 g/mol. The Kier molecular flexibility index (Phi) is 3.98. The van der Waals surface area contributed by atoms with Crippen LogP contribution in [0, 0.1) is 0 Å². The van der Waals surface area contributed by atoms with Gasteiger partial charge in [-0.25, -0.2) is 4.79 Å². The van der Waals surface area contributed by atoms with Crippen molar-refractivity contribution in [2.45, 2.75) is 18.9 Å². The van der Waals surface area contributed by atoms with E-state index in [1.807, 2.05) is 21.9 Å². The number of thiophene rings is 1. The number of rotatable bonds is 2. The van der Waals surface area contributed by atoms with Crippen molar-refractivity contribution in [2.24, 2.45) is 0 Å². The highest BCUT2D eigenvalue weighted by Crippen LogP contribution is 2.25. The number of hydrogen-bond acceptors (Lipinski definition) is 3. The first-order chi connectivity index (χ1) is 9.65. The summed E-state index contributed by atoms with van der Waals surface area (Å²) < 4.78 is 0.976. The van der Waals surface area contributed by atoms with Crippen LogP contribution in [0.25, 0.3) is 0 Å². The minimum atomic E-state index is 0.0389. The Bertz CT molecular complexity index is 525. The standard InChI is InChI=1S/C13H16BrN3O2S/c14-11-2-1-10(20-11)12(18)16-6-3-9(4-7-16)17-8-5-15-13(17)19/h1-2,9H,3-8H2,(H,15,19). The summed E-state index contributed by atoms with van der Waals surface area (Å²) in [7, 11) is 0. The average Bonchev–Trinajstić information content (AvgIpc) is 3.07. The zero-order valence-electron chi connectivity index (χ0n) is 11.0. The van der Waals surface area contributed by atoms with Gasteiger partial charge in [0, 0.05) is 32.2 Å². The molecule has 0 bridgehead atoms. The number of nitrogens with zero attached hydrogens (tertiary/aromatic N) is 2. The molecule has 7 heteroatoms. The van der Waals surface area contributed by atoms with Crippen LogP contribution < -0.4 is 5.32 Å². The first kappa shape index (κ1) is 13.9. The molecule has 1 aromatic rings. The lowest BCUT2D eigenvalue weighted by molar-refractivity contribution is 0.0671. The molecule has 5 nitrogen and oxygen atoms in total. The number of nitrogens with one attached hydrogen (secondary N) is 1. The quantitative estimate of drug-likeness (QED) is 0.881. The molecule has 1 N–H and O–H groups in total.